The van der Waals surface area contributed by atoms with Crippen LogP contribution in [-0.2, 0) is 0 Å². The number of nitrogens with zero attached hydrogens (tertiary/aromatic N) is 3. The quantitative estimate of drug-likeness (QED) is 0.141. The van der Waals surface area contributed by atoms with Crippen LogP contribution < -0.4 is 0 Å². The van der Waals surface area contributed by atoms with Crippen LogP contribution in [0, 0.1) is 0 Å². The van der Waals surface area contributed by atoms with E-state index in [1.165, 1.54) is 267 Å². The number of rotatable bonds is 7. The summed E-state index contributed by atoms with van der Waals surface area (Å²) in [5.74, 6) is 0. The van der Waals surface area contributed by atoms with Gasteiger partial charge in [-0.3, -0.25) is 0 Å². The highest BCUT2D eigenvalue weighted by molar-refractivity contribution is 6.42. The van der Waals surface area contributed by atoms with Gasteiger partial charge in [-0.25, -0.2) is 0 Å². The lowest BCUT2D eigenvalue weighted by atomic mass is 9.88. The van der Waals surface area contributed by atoms with Crippen LogP contribution in [0.1, 0.15) is 0 Å². The molecule has 3 nitrogen and oxygen atoms in total. The molecule has 0 fully saturated rings. The van der Waals surface area contributed by atoms with Crippen molar-refractivity contribution in [2.45, 2.75) is 0 Å². The van der Waals surface area contributed by atoms with Gasteiger partial charge in [-0.15, -0.1) is 0 Å². The van der Waals surface area contributed by atoms with Crippen LogP contribution in [0.3, 0.4) is 0 Å². The molecule has 0 radical (unpaired) electrons. The molecule has 0 unspecified atom stereocenters. The molecular weight excluding hydrogens is 1600 g/mol. The summed E-state index contributed by atoms with van der Waals surface area (Å²) in [7, 11) is 0. The number of hydrogen-bond acceptors (Lipinski definition) is 0. The molecule has 0 amide bonds. The van der Waals surface area contributed by atoms with E-state index in [1.807, 2.05) is 0 Å². The Kier molecular flexibility index (Phi) is 17.4. The fourth-order valence-corrected chi connectivity index (χ4v) is 22.8. The summed E-state index contributed by atoms with van der Waals surface area (Å²) < 4.78 is 7.56. The molecule has 29 aromatic rings. The smallest absolute Gasteiger partial charge is 0.0626 e. The van der Waals surface area contributed by atoms with Crippen molar-refractivity contribution >= 4 is 205 Å². The van der Waals surface area contributed by atoms with E-state index < -0.39 is 0 Å². The lowest BCUT2D eigenvalue weighted by Crippen LogP contribution is -1.97. The van der Waals surface area contributed by atoms with Gasteiger partial charge in [0.15, 0.2) is 0 Å². The first kappa shape index (κ1) is 75.6. The molecule has 0 spiro atoms. The highest BCUT2D eigenvalue weighted by Crippen LogP contribution is 2.53. The minimum Gasteiger partial charge on any atom is -0.309 e. The lowest BCUT2D eigenvalue weighted by Gasteiger charge is -2.18. The van der Waals surface area contributed by atoms with E-state index in [4.69, 9.17) is 0 Å². The summed E-state index contributed by atoms with van der Waals surface area (Å²) in [6, 6.07) is 180. The van der Waals surface area contributed by atoms with Crippen molar-refractivity contribution in [3.05, 3.63) is 491 Å². The summed E-state index contributed by atoms with van der Waals surface area (Å²) in [4.78, 5) is 0. The molecule has 616 valence electrons. The standard InChI is InChI=1S/C46H29N.C44H27N.C40H25N/c1-3-15-30(16-4-1)32-27-28-43(36-22-10-7-19-33(32)36)47-42-26-14-13-25-39(42)45-44-37-23-11-8-20-34(37)40(31-17-5-2-6-18-31)29-41(44)35-21-9-12-24-38(35)46(45)47;1-2-14-28(15-3-1)38-27-39-33-20-8-11-23-36(33)44-43(42(39)35-22-10-7-19-32(35)38)37-24-12-13-25-40(37)45(44)41-26-29-16-4-5-17-30(29)31-18-6-9-21-34(31)41;1-2-13-27(14-3-1)35-25-36-31-17-7-9-19-33(31)40-39(38(36)32-18-8-6-16-30(32)35)34-20-10-11-21-37(34)41(40)29-23-22-26-12-4-5-15-28(26)24-29/h1-29H;1-27H;1-25H. The van der Waals surface area contributed by atoms with Crippen LogP contribution in [0.5, 0.6) is 0 Å². The molecule has 3 aromatic heterocycles. The average molecular weight is 1690 g/mol. The first-order valence-corrected chi connectivity index (χ1v) is 46.1. The number of benzene rings is 26. The third-order valence-electron chi connectivity index (χ3n) is 28.4. The highest BCUT2D eigenvalue weighted by Gasteiger charge is 2.28. The Morgan fingerprint density at radius 2 is 0.391 bits per heavy atom. The van der Waals surface area contributed by atoms with E-state index in [9.17, 15) is 0 Å². The van der Waals surface area contributed by atoms with Crippen LogP contribution in [0.2, 0.25) is 0 Å². The van der Waals surface area contributed by atoms with E-state index in [-0.39, 0.29) is 0 Å². The number of fused-ring (bicyclic) bond motifs is 35. The highest BCUT2D eigenvalue weighted by atomic mass is 15.0. The zero-order chi connectivity index (χ0) is 87.3. The molecule has 0 saturated heterocycles. The SMILES string of the molecule is c1ccc(-c2cc3c4ccccc4c4c(c5ccccc5n4-c4cc5ccccc5c5ccccc45)c3c3ccccc23)cc1.c1ccc(-c2cc3c4ccccc4c4c(c5ccccc5n4-c4ccc5ccccc5c4)c3c3ccccc23)cc1.c1ccc(-c2ccc(-n3c4ccccc4c4c5c6ccccc6c(-c6ccccc6)cc5c5ccccc5c43)c3ccccc23)cc1. The maximum atomic E-state index is 2.54. The molecule has 29 rings (SSSR count). The van der Waals surface area contributed by atoms with E-state index in [1.54, 1.807) is 0 Å². The number of para-hydroxylation sites is 3. The van der Waals surface area contributed by atoms with Crippen molar-refractivity contribution in [3.63, 3.8) is 0 Å². The second-order valence-electron chi connectivity index (χ2n) is 35.4. The van der Waals surface area contributed by atoms with Crippen molar-refractivity contribution < 1.29 is 0 Å². The van der Waals surface area contributed by atoms with E-state index in [0.29, 0.717) is 0 Å². The molecule has 0 saturated carbocycles. The molecule has 3 heterocycles. The Morgan fingerprint density at radius 1 is 0.120 bits per heavy atom. The van der Waals surface area contributed by atoms with Gasteiger partial charge in [-0.1, -0.05) is 431 Å². The molecule has 0 atom stereocenters. The predicted molar refractivity (Wildman–Crippen MR) is 572 cm³/mol. The fraction of sp³-hybridized carbons (Fsp3) is 0. The van der Waals surface area contributed by atoms with Gasteiger partial charge in [0.05, 0.1) is 44.5 Å². The van der Waals surface area contributed by atoms with Gasteiger partial charge in [0.1, 0.15) is 0 Å². The third-order valence-corrected chi connectivity index (χ3v) is 28.4. The van der Waals surface area contributed by atoms with Gasteiger partial charge in [-0.05, 0) is 202 Å². The minimum absolute atomic E-state index is 1.18. The Morgan fingerprint density at radius 3 is 0.797 bits per heavy atom. The summed E-state index contributed by atoms with van der Waals surface area (Å²) in [5, 5.41) is 41.0. The van der Waals surface area contributed by atoms with Crippen LogP contribution >= 0.6 is 0 Å². The van der Waals surface area contributed by atoms with Crippen molar-refractivity contribution in [1.82, 2.24) is 13.7 Å². The van der Waals surface area contributed by atoms with Gasteiger partial charge < -0.3 is 13.7 Å². The van der Waals surface area contributed by atoms with Crippen LogP contribution in [-0.4, -0.2) is 13.7 Å². The van der Waals surface area contributed by atoms with Gasteiger partial charge in [0, 0.05) is 81.1 Å². The normalized spacial score (nSPS) is 11.9. The van der Waals surface area contributed by atoms with E-state index in [0.717, 1.165) is 0 Å². The molecule has 0 N–H and O–H groups in total. The number of hydrogen-bond donors (Lipinski definition) is 0. The zero-order valence-electron chi connectivity index (χ0n) is 72.6. The maximum absolute atomic E-state index is 2.54. The second kappa shape index (κ2) is 30.6. The monoisotopic (exact) mass is 1680 g/mol. The summed E-state index contributed by atoms with van der Waals surface area (Å²) >= 11 is 0. The second-order valence-corrected chi connectivity index (χ2v) is 35.4. The molecule has 0 aliphatic heterocycles. The molecule has 0 aliphatic carbocycles. The van der Waals surface area contributed by atoms with E-state index >= 15 is 0 Å². The van der Waals surface area contributed by atoms with Crippen molar-refractivity contribution in [2.24, 2.45) is 0 Å². The van der Waals surface area contributed by atoms with Crippen molar-refractivity contribution in [3.8, 4) is 61.6 Å². The third kappa shape index (κ3) is 11.7. The van der Waals surface area contributed by atoms with Crippen LogP contribution in [0.4, 0.5) is 0 Å². The molecular formula is C130H81N3. The molecule has 0 bridgehead atoms. The average Bonchev–Trinajstić information content (AvgIpc) is 1.56. The van der Waals surface area contributed by atoms with Gasteiger partial charge >= 0.3 is 0 Å². The maximum Gasteiger partial charge on any atom is 0.0626 e. The summed E-state index contributed by atoms with van der Waals surface area (Å²) in [6.45, 7) is 0. The van der Waals surface area contributed by atoms with Crippen molar-refractivity contribution in [2.75, 3.05) is 0 Å². The Labute approximate surface area is 766 Å². The summed E-state index contributed by atoms with van der Waals surface area (Å²) in [6.07, 6.45) is 0. The van der Waals surface area contributed by atoms with E-state index in [2.05, 4.69) is 505 Å². The topological polar surface area (TPSA) is 14.8 Å². The van der Waals surface area contributed by atoms with Gasteiger partial charge in [-0.2, -0.15) is 0 Å². The summed E-state index contributed by atoms with van der Waals surface area (Å²) in [5.41, 5.74) is 21.1. The van der Waals surface area contributed by atoms with Crippen LogP contribution in [0.15, 0.2) is 491 Å². The van der Waals surface area contributed by atoms with Crippen LogP contribution in [0.25, 0.3) is 267 Å². The van der Waals surface area contributed by atoms with Crippen molar-refractivity contribution in [1.29, 1.82) is 0 Å². The van der Waals surface area contributed by atoms with Gasteiger partial charge in [0.2, 0.25) is 0 Å². The first-order valence-electron chi connectivity index (χ1n) is 46.1. The predicted octanol–water partition coefficient (Wildman–Crippen LogP) is 36.0. The molecule has 0 aliphatic rings. The lowest BCUT2D eigenvalue weighted by molar-refractivity contribution is 1.19. The Bertz CT molecular complexity index is 9890. The zero-order valence-corrected chi connectivity index (χ0v) is 72.6. The molecule has 26 aromatic carbocycles. The molecule has 133 heavy (non-hydrogen) atoms. The Hall–Kier alpha value is -17.5. The fourth-order valence-electron chi connectivity index (χ4n) is 22.8. The Balaban J connectivity index is 0.000000102. The number of aromatic nitrogens is 3. The first-order chi connectivity index (χ1) is 66.1. The minimum atomic E-state index is 1.18. The largest absolute Gasteiger partial charge is 0.309 e. The van der Waals surface area contributed by atoms with Gasteiger partial charge in [0.25, 0.3) is 0 Å². The molecule has 3 heteroatoms.